The Kier molecular flexibility index (Phi) is 515. The molecule has 0 saturated carbocycles. The van der Waals surface area contributed by atoms with Crippen molar-refractivity contribution in [3.8, 4) is 0 Å². The van der Waals surface area contributed by atoms with Crippen LogP contribution in [0.15, 0.2) is 0 Å². The summed E-state index contributed by atoms with van der Waals surface area (Å²) in [7, 11) is 0. The van der Waals surface area contributed by atoms with Gasteiger partial charge in [-0.15, -0.1) is 0 Å². The molecule has 12 heavy (non-hydrogen) atoms. The van der Waals surface area contributed by atoms with Crippen molar-refractivity contribution in [1.29, 1.82) is 0 Å². The summed E-state index contributed by atoms with van der Waals surface area (Å²) in [4.78, 5) is 0. The van der Waals surface area contributed by atoms with E-state index < -0.39 is 0 Å². The van der Waals surface area contributed by atoms with E-state index in [1.807, 2.05) is 0 Å². The molecule has 0 heterocycles. The quantitative estimate of drug-likeness (QED) is 0.475. The Morgan fingerprint density at radius 2 is 0.917 bits per heavy atom. The molecule has 0 bridgehead atoms. The molecule has 0 fully saturated rings. The molecular formula is C8H22O3Ti. The van der Waals surface area contributed by atoms with Crippen molar-refractivity contribution < 1.29 is 33.9 Å². The Morgan fingerprint density at radius 3 is 0.917 bits per heavy atom. The zero-order valence-electron chi connectivity index (χ0n) is 8.63. The monoisotopic (exact) mass is 214 g/mol. The van der Waals surface area contributed by atoms with Gasteiger partial charge in [0.1, 0.15) is 0 Å². The molecule has 0 rings (SSSR count). The molecule has 2 N–H and O–H groups in total. The van der Waals surface area contributed by atoms with Crippen molar-refractivity contribution >= 4 is 0 Å². The number of hydrogen-bond acceptors (Lipinski definition) is 3. The van der Waals surface area contributed by atoms with Crippen LogP contribution in [-0.4, -0.2) is 23.4 Å². The summed E-state index contributed by atoms with van der Waals surface area (Å²) < 4.78 is 8.25. The molecule has 0 aromatic carbocycles. The number of aliphatic hydroxyl groups is 2. The van der Waals surface area contributed by atoms with Crippen molar-refractivity contribution in [1.82, 2.24) is 0 Å². The first-order valence-corrected chi connectivity index (χ1v) is 4.30. The Labute approximate surface area is 88.9 Å². The van der Waals surface area contributed by atoms with Crippen LogP contribution in [-0.2, 0) is 23.7 Å². The third kappa shape index (κ3) is 4920. The third-order valence-electron chi connectivity index (χ3n) is 0. The van der Waals surface area contributed by atoms with Gasteiger partial charge in [-0.25, -0.2) is 0 Å². The summed E-state index contributed by atoms with van der Waals surface area (Å²) in [6.45, 7) is 13.9. The maximum absolute atomic E-state index is 8.25. The fourth-order valence-corrected chi connectivity index (χ4v) is 0. The molecular weight excluding hydrogens is 192 g/mol. The van der Waals surface area contributed by atoms with Crippen LogP contribution in [0.5, 0.6) is 0 Å². The van der Waals surface area contributed by atoms with Gasteiger partial charge in [0, 0.05) is 13.2 Å². The molecule has 3 nitrogen and oxygen atoms in total. The predicted molar refractivity (Wildman–Crippen MR) is 48.3 cm³/mol. The van der Waals surface area contributed by atoms with E-state index in [1.54, 1.807) is 27.7 Å². The first kappa shape index (κ1) is 29.4. The van der Waals surface area contributed by atoms with Crippen LogP contribution < -0.4 is 0 Å². The van der Waals surface area contributed by atoms with Gasteiger partial charge in [0.15, 0.2) is 0 Å². The van der Waals surface area contributed by atoms with Gasteiger partial charge in [0.05, 0.1) is 0 Å². The SMILES string of the molecule is CCO.CCO.[CH2-]C.[CH2-]C.[O]=[Ti+2]. The molecule has 4 heteroatoms. The van der Waals surface area contributed by atoms with Crippen LogP contribution in [0, 0.1) is 13.8 Å². The second-order valence-corrected chi connectivity index (χ2v) is 0.632. The van der Waals surface area contributed by atoms with Crippen molar-refractivity contribution in [2.24, 2.45) is 0 Å². The summed E-state index contributed by atoms with van der Waals surface area (Å²) in [6, 6.07) is 0. The molecule has 0 aromatic rings. The van der Waals surface area contributed by atoms with Crippen LogP contribution >= 0.6 is 0 Å². The van der Waals surface area contributed by atoms with Gasteiger partial charge in [-0.1, -0.05) is 0 Å². The van der Waals surface area contributed by atoms with Gasteiger partial charge in [-0.2, -0.15) is 13.8 Å². The van der Waals surface area contributed by atoms with E-state index in [9.17, 15) is 0 Å². The van der Waals surface area contributed by atoms with Crippen LogP contribution in [0.1, 0.15) is 27.7 Å². The predicted octanol–water partition coefficient (Wildman–Crippen LogP) is 1.56. The minimum absolute atomic E-state index is 0.250. The first-order chi connectivity index (χ1) is 5.83. The van der Waals surface area contributed by atoms with Gasteiger partial charge in [0.2, 0.25) is 0 Å². The van der Waals surface area contributed by atoms with Gasteiger partial charge in [-0.3, -0.25) is 0 Å². The fraction of sp³-hybridized carbons (Fsp3) is 0.750. The molecule has 0 atom stereocenters. The number of hydrogen-bond donors (Lipinski definition) is 2. The zero-order valence-corrected chi connectivity index (χ0v) is 10.2. The zero-order chi connectivity index (χ0) is 11.4. The molecule has 0 aromatic heterocycles. The first-order valence-electron chi connectivity index (χ1n) is 3.67. The molecule has 76 valence electrons. The van der Waals surface area contributed by atoms with Crippen LogP contribution in [0.4, 0.5) is 0 Å². The second kappa shape index (κ2) is 210. The van der Waals surface area contributed by atoms with E-state index in [0.717, 1.165) is 20.4 Å². The molecule has 0 radical (unpaired) electrons. The van der Waals surface area contributed by atoms with Gasteiger partial charge in [-0.05, 0) is 13.8 Å². The van der Waals surface area contributed by atoms with Crippen molar-refractivity contribution in [3.05, 3.63) is 13.8 Å². The summed E-state index contributed by atoms with van der Waals surface area (Å²) in [5, 5.41) is 15.1. The molecule has 0 amide bonds. The molecule has 0 spiro atoms. The topological polar surface area (TPSA) is 57.5 Å². The third-order valence-corrected chi connectivity index (χ3v) is 0. The minimum atomic E-state index is 0.250. The average Bonchev–Trinajstić information content (AvgIpc) is 2.16. The van der Waals surface area contributed by atoms with E-state index in [-0.39, 0.29) is 13.2 Å². The standard InChI is InChI=1S/2C2H6O.2C2H5.O.Ti/c2*1-2-3;2*1-2;;/h2*3H,2H2,1H3;2*1H2,2H3;;/q;;2*-1;;+2. The molecule has 0 unspecified atom stereocenters. The van der Waals surface area contributed by atoms with Gasteiger partial charge in [0.25, 0.3) is 0 Å². The normalized spacial score (nSPS) is 4.50. The summed E-state index contributed by atoms with van der Waals surface area (Å²) >= 11 is 0.750. The Bertz CT molecular complexity index is 21.8. The van der Waals surface area contributed by atoms with Crippen LogP contribution in [0.25, 0.3) is 0 Å². The Morgan fingerprint density at radius 1 is 0.917 bits per heavy atom. The summed E-state index contributed by atoms with van der Waals surface area (Å²) in [5.74, 6) is 0. The van der Waals surface area contributed by atoms with E-state index in [4.69, 9.17) is 13.5 Å². The van der Waals surface area contributed by atoms with Crippen LogP contribution in [0.2, 0.25) is 0 Å². The Balaban J connectivity index is -0.0000000174. The fourth-order valence-electron chi connectivity index (χ4n) is 0. The van der Waals surface area contributed by atoms with Crippen molar-refractivity contribution in [2.75, 3.05) is 13.2 Å². The van der Waals surface area contributed by atoms with E-state index in [0.29, 0.717) is 0 Å². The van der Waals surface area contributed by atoms with Gasteiger partial charge >= 0.3 is 23.7 Å². The van der Waals surface area contributed by atoms with E-state index in [2.05, 4.69) is 13.8 Å². The van der Waals surface area contributed by atoms with E-state index >= 15 is 0 Å². The molecule has 0 saturated heterocycles. The van der Waals surface area contributed by atoms with Gasteiger partial charge < -0.3 is 24.1 Å². The molecule has 0 aliphatic rings. The molecule has 0 aliphatic heterocycles. The maximum atomic E-state index is 8.25. The Hall–Kier alpha value is 0.434. The number of rotatable bonds is 0. The van der Waals surface area contributed by atoms with Crippen molar-refractivity contribution in [3.63, 3.8) is 0 Å². The summed E-state index contributed by atoms with van der Waals surface area (Å²) in [6.07, 6.45) is 0. The second-order valence-electron chi connectivity index (χ2n) is 0.632. The summed E-state index contributed by atoms with van der Waals surface area (Å²) in [5.41, 5.74) is 0. The van der Waals surface area contributed by atoms with E-state index in [1.165, 1.54) is 0 Å². The number of aliphatic hydroxyl groups excluding tert-OH is 2. The molecule has 0 aliphatic carbocycles. The van der Waals surface area contributed by atoms with Crippen molar-refractivity contribution in [2.45, 2.75) is 27.7 Å². The van der Waals surface area contributed by atoms with Crippen LogP contribution in [0.3, 0.4) is 0 Å². The average molecular weight is 214 g/mol.